The van der Waals surface area contributed by atoms with Crippen molar-refractivity contribution in [1.82, 2.24) is 0 Å². The minimum Gasteiger partial charge on any atom is -0.489 e. The Hall–Kier alpha value is -0.550. The van der Waals surface area contributed by atoms with Crippen LogP contribution in [0, 0.1) is 0 Å². The van der Waals surface area contributed by atoms with Crippen LogP contribution in [0.3, 0.4) is 0 Å². The lowest BCUT2D eigenvalue weighted by molar-refractivity contribution is 0.189. The maximum Gasteiger partial charge on any atom is 0.121 e. The largest absolute Gasteiger partial charge is 0.489 e. The molecule has 0 saturated carbocycles. The van der Waals surface area contributed by atoms with Gasteiger partial charge in [-0.15, -0.1) is 11.3 Å². The zero-order valence-corrected chi connectivity index (χ0v) is 13.6. The predicted molar refractivity (Wildman–Crippen MR) is 85.2 cm³/mol. The maximum atomic E-state index is 6.18. The van der Waals surface area contributed by atoms with Crippen molar-refractivity contribution in [2.45, 2.75) is 25.5 Å². The fourth-order valence-corrected chi connectivity index (χ4v) is 3.41. The lowest BCUT2D eigenvalue weighted by Crippen LogP contribution is -2.38. The molecule has 2 aromatic rings. The molecule has 2 rings (SSSR count). The second kappa shape index (κ2) is 6.75. The van der Waals surface area contributed by atoms with Crippen molar-refractivity contribution >= 4 is 38.9 Å². The highest BCUT2D eigenvalue weighted by molar-refractivity contribution is 9.10. The van der Waals surface area contributed by atoms with E-state index in [1.54, 1.807) is 17.4 Å². The highest BCUT2D eigenvalue weighted by Crippen LogP contribution is 2.23. The van der Waals surface area contributed by atoms with E-state index in [9.17, 15) is 0 Å². The van der Waals surface area contributed by atoms with Crippen molar-refractivity contribution < 1.29 is 4.74 Å². The zero-order valence-electron chi connectivity index (χ0n) is 10.5. The van der Waals surface area contributed by atoms with Gasteiger partial charge in [-0.05, 0) is 47.1 Å². The first-order valence-electron chi connectivity index (χ1n) is 5.95. The van der Waals surface area contributed by atoms with E-state index >= 15 is 0 Å². The third-order valence-electron chi connectivity index (χ3n) is 2.78. The van der Waals surface area contributed by atoms with Gasteiger partial charge in [0.2, 0.25) is 0 Å². The highest BCUT2D eigenvalue weighted by Gasteiger charge is 2.16. The molecule has 19 heavy (non-hydrogen) atoms. The van der Waals surface area contributed by atoms with E-state index in [-0.39, 0.29) is 12.1 Å². The summed E-state index contributed by atoms with van der Waals surface area (Å²) in [6.07, 6.45) is 0.734. The SMILES string of the molecule is CC(Oc1cccc(Cl)c1)C(N)Cc1cc(Br)cs1. The number of halogens is 2. The fraction of sp³-hybridized carbons (Fsp3) is 0.286. The van der Waals surface area contributed by atoms with Gasteiger partial charge in [-0.25, -0.2) is 0 Å². The topological polar surface area (TPSA) is 35.2 Å². The molecule has 2 unspecified atom stereocenters. The lowest BCUT2D eigenvalue weighted by Gasteiger charge is -2.21. The summed E-state index contributed by atoms with van der Waals surface area (Å²) in [6, 6.07) is 9.42. The van der Waals surface area contributed by atoms with Crippen molar-refractivity contribution in [2.75, 3.05) is 0 Å². The van der Waals surface area contributed by atoms with Crippen LogP contribution in [-0.4, -0.2) is 12.1 Å². The normalized spacial score (nSPS) is 14.1. The number of ether oxygens (including phenoxy) is 1. The molecule has 5 heteroatoms. The average molecular weight is 361 g/mol. The van der Waals surface area contributed by atoms with Crippen LogP contribution in [0.25, 0.3) is 0 Å². The second-order valence-electron chi connectivity index (χ2n) is 4.38. The van der Waals surface area contributed by atoms with Gasteiger partial charge in [-0.1, -0.05) is 17.7 Å². The summed E-state index contributed by atoms with van der Waals surface area (Å²) in [4.78, 5) is 1.25. The van der Waals surface area contributed by atoms with Crippen molar-refractivity contribution in [3.05, 3.63) is 50.1 Å². The summed E-state index contributed by atoms with van der Waals surface area (Å²) >= 11 is 11.1. The summed E-state index contributed by atoms with van der Waals surface area (Å²) < 4.78 is 6.92. The summed E-state index contributed by atoms with van der Waals surface area (Å²) in [7, 11) is 0. The van der Waals surface area contributed by atoms with E-state index < -0.39 is 0 Å². The average Bonchev–Trinajstić information content (AvgIpc) is 2.74. The van der Waals surface area contributed by atoms with Crippen LogP contribution in [0.15, 0.2) is 40.2 Å². The van der Waals surface area contributed by atoms with Crippen LogP contribution in [0.5, 0.6) is 5.75 Å². The first-order valence-corrected chi connectivity index (χ1v) is 8.00. The van der Waals surface area contributed by atoms with Gasteiger partial charge in [-0.2, -0.15) is 0 Å². The van der Waals surface area contributed by atoms with Crippen molar-refractivity contribution in [3.8, 4) is 5.75 Å². The first kappa shape index (κ1) is 14.9. The van der Waals surface area contributed by atoms with Gasteiger partial charge in [0.1, 0.15) is 11.9 Å². The number of rotatable bonds is 5. The van der Waals surface area contributed by atoms with E-state index in [0.717, 1.165) is 16.6 Å². The Morgan fingerprint density at radius 2 is 2.21 bits per heavy atom. The molecule has 0 spiro atoms. The van der Waals surface area contributed by atoms with E-state index in [1.807, 2.05) is 25.1 Å². The van der Waals surface area contributed by atoms with Crippen molar-refractivity contribution in [1.29, 1.82) is 0 Å². The molecule has 0 aliphatic carbocycles. The van der Waals surface area contributed by atoms with Crippen LogP contribution in [-0.2, 0) is 6.42 Å². The molecule has 1 aromatic heterocycles. The first-order chi connectivity index (χ1) is 9.04. The molecule has 1 aromatic carbocycles. The van der Waals surface area contributed by atoms with Gasteiger partial charge < -0.3 is 10.5 Å². The Morgan fingerprint density at radius 3 is 2.84 bits per heavy atom. The van der Waals surface area contributed by atoms with E-state index in [4.69, 9.17) is 22.1 Å². The summed E-state index contributed by atoms with van der Waals surface area (Å²) in [5, 5.41) is 2.73. The van der Waals surface area contributed by atoms with Crippen LogP contribution in [0.1, 0.15) is 11.8 Å². The molecule has 102 valence electrons. The van der Waals surface area contributed by atoms with Crippen LogP contribution >= 0.6 is 38.9 Å². The van der Waals surface area contributed by atoms with Gasteiger partial charge in [-0.3, -0.25) is 0 Å². The molecule has 0 radical (unpaired) electrons. The number of benzene rings is 1. The molecule has 0 fully saturated rings. The van der Waals surface area contributed by atoms with E-state index in [1.165, 1.54) is 4.88 Å². The van der Waals surface area contributed by atoms with Gasteiger partial charge >= 0.3 is 0 Å². The Morgan fingerprint density at radius 1 is 1.42 bits per heavy atom. The molecule has 1 heterocycles. The quantitative estimate of drug-likeness (QED) is 0.852. The minimum absolute atomic E-state index is 0.0514. The molecule has 2 nitrogen and oxygen atoms in total. The lowest BCUT2D eigenvalue weighted by atomic mass is 10.1. The third kappa shape index (κ3) is 4.49. The second-order valence-corrected chi connectivity index (χ2v) is 6.73. The molecular formula is C14H15BrClNOS. The molecule has 0 aliphatic rings. The summed E-state index contributed by atoms with van der Waals surface area (Å²) in [5.74, 6) is 0.753. The van der Waals surface area contributed by atoms with Crippen LogP contribution < -0.4 is 10.5 Å². The molecule has 0 bridgehead atoms. The minimum atomic E-state index is -0.0701. The molecular weight excluding hydrogens is 346 g/mol. The fourth-order valence-electron chi connectivity index (χ4n) is 1.70. The van der Waals surface area contributed by atoms with Crippen LogP contribution in [0.2, 0.25) is 5.02 Å². The zero-order chi connectivity index (χ0) is 13.8. The number of hydrogen-bond donors (Lipinski definition) is 1. The van der Waals surface area contributed by atoms with Gasteiger partial charge in [0.25, 0.3) is 0 Å². The standard InChI is InChI=1S/C14H15BrClNOS/c1-9(18-12-4-2-3-11(16)6-12)14(17)7-13-5-10(15)8-19-13/h2-6,8-9,14H,7,17H2,1H3. The summed E-state index contributed by atoms with van der Waals surface area (Å²) in [5.41, 5.74) is 6.18. The highest BCUT2D eigenvalue weighted by atomic mass is 79.9. The third-order valence-corrected chi connectivity index (χ3v) is 4.73. The van der Waals surface area contributed by atoms with Crippen molar-refractivity contribution in [2.24, 2.45) is 5.73 Å². The van der Waals surface area contributed by atoms with Gasteiger partial charge in [0.05, 0.1) is 0 Å². The molecule has 2 atom stereocenters. The Balaban J connectivity index is 1.93. The van der Waals surface area contributed by atoms with Crippen molar-refractivity contribution in [3.63, 3.8) is 0 Å². The number of hydrogen-bond acceptors (Lipinski definition) is 3. The molecule has 0 amide bonds. The number of nitrogens with two attached hydrogens (primary N) is 1. The molecule has 0 aliphatic heterocycles. The van der Waals surface area contributed by atoms with E-state index in [0.29, 0.717) is 5.02 Å². The smallest absolute Gasteiger partial charge is 0.121 e. The molecule has 2 N–H and O–H groups in total. The van der Waals surface area contributed by atoms with E-state index in [2.05, 4.69) is 27.4 Å². The Kier molecular flexibility index (Phi) is 5.28. The van der Waals surface area contributed by atoms with Gasteiger partial charge in [0, 0.05) is 32.2 Å². The number of thiophene rings is 1. The molecule has 0 saturated heterocycles. The summed E-state index contributed by atoms with van der Waals surface area (Å²) in [6.45, 7) is 1.98. The maximum absolute atomic E-state index is 6.18. The predicted octanol–water partition coefficient (Wildman–Crippen LogP) is 4.50. The van der Waals surface area contributed by atoms with Gasteiger partial charge in [0.15, 0.2) is 0 Å². The Labute approximate surface area is 130 Å². The monoisotopic (exact) mass is 359 g/mol. The Bertz CT molecular complexity index is 546. The van der Waals surface area contributed by atoms with Crippen LogP contribution in [0.4, 0.5) is 0 Å².